The zero-order chi connectivity index (χ0) is 13.7. The lowest BCUT2D eigenvalue weighted by Gasteiger charge is -2.27. The molecule has 0 bridgehead atoms. The van der Waals surface area contributed by atoms with Crippen LogP contribution in [0.3, 0.4) is 0 Å². The molecule has 0 saturated heterocycles. The van der Waals surface area contributed by atoms with Gasteiger partial charge in [-0.15, -0.1) is 0 Å². The first-order chi connectivity index (χ1) is 9.26. The average Bonchev–Trinajstić information content (AvgIpc) is 3.21. The summed E-state index contributed by atoms with van der Waals surface area (Å²) in [7, 11) is 0. The first kappa shape index (κ1) is 14.3. The molecule has 3 heteroatoms. The van der Waals surface area contributed by atoms with E-state index in [4.69, 9.17) is 0 Å². The van der Waals surface area contributed by atoms with E-state index in [-0.39, 0.29) is 5.82 Å². The zero-order valence-corrected chi connectivity index (χ0v) is 12.1. The molecule has 1 aromatic carbocycles. The Morgan fingerprint density at radius 2 is 2.05 bits per heavy atom. The number of anilines is 1. The van der Waals surface area contributed by atoms with Crippen LogP contribution in [-0.4, -0.2) is 19.1 Å². The number of nitrogens with zero attached hydrogens (tertiary/aromatic N) is 1. The van der Waals surface area contributed by atoms with E-state index in [0.29, 0.717) is 6.04 Å². The molecule has 1 N–H and O–H groups in total. The van der Waals surface area contributed by atoms with Gasteiger partial charge in [0.1, 0.15) is 5.82 Å². The van der Waals surface area contributed by atoms with Gasteiger partial charge < -0.3 is 10.2 Å². The van der Waals surface area contributed by atoms with Crippen LogP contribution in [0.2, 0.25) is 0 Å². The average molecular weight is 264 g/mol. The van der Waals surface area contributed by atoms with Crippen molar-refractivity contribution in [2.45, 2.75) is 52.1 Å². The van der Waals surface area contributed by atoms with Crippen molar-refractivity contribution in [3.63, 3.8) is 0 Å². The quantitative estimate of drug-likeness (QED) is 0.720. The Labute approximate surface area is 116 Å². The van der Waals surface area contributed by atoms with Crippen LogP contribution in [0.1, 0.15) is 45.1 Å². The lowest BCUT2D eigenvalue weighted by atomic mass is 10.1. The predicted octanol–water partition coefficient (Wildman–Crippen LogP) is 3.70. The fourth-order valence-corrected chi connectivity index (χ4v) is 2.50. The highest BCUT2D eigenvalue weighted by atomic mass is 19.1. The molecule has 0 heterocycles. The van der Waals surface area contributed by atoms with Crippen molar-refractivity contribution < 1.29 is 4.39 Å². The van der Waals surface area contributed by atoms with Gasteiger partial charge in [-0.25, -0.2) is 4.39 Å². The van der Waals surface area contributed by atoms with Gasteiger partial charge in [-0.2, -0.15) is 0 Å². The summed E-state index contributed by atoms with van der Waals surface area (Å²) < 4.78 is 13.5. The Kier molecular flexibility index (Phi) is 5.20. The van der Waals surface area contributed by atoms with Crippen LogP contribution in [0.25, 0.3) is 0 Å². The third-order valence-electron chi connectivity index (χ3n) is 3.55. The van der Waals surface area contributed by atoms with Crippen LogP contribution < -0.4 is 10.2 Å². The third-order valence-corrected chi connectivity index (χ3v) is 3.55. The van der Waals surface area contributed by atoms with Gasteiger partial charge in [0.15, 0.2) is 0 Å². The molecule has 0 amide bonds. The van der Waals surface area contributed by atoms with Crippen molar-refractivity contribution >= 4 is 5.69 Å². The topological polar surface area (TPSA) is 15.3 Å². The molecule has 0 spiro atoms. The highest BCUT2D eigenvalue weighted by Crippen LogP contribution is 2.34. The third kappa shape index (κ3) is 3.93. The molecule has 2 rings (SSSR count). The summed E-state index contributed by atoms with van der Waals surface area (Å²) in [5.41, 5.74) is 2.31. The lowest BCUT2D eigenvalue weighted by Crippen LogP contribution is -2.28. The fourth-order valence-electron chi connectivity index (χ4n) is 2.50. The SMILES string of the molecule is CCCNCc1cc(F)ccc1N(CCC)C1CC1. The van der Waals surface area contributed by atoms with E-state index >= 15 is 0 Å². The molecule has 1 saturated carbocycles. The number of hydrogen-bond donors (Lipinski definition) is 1. The first-order valence-corrected chi connectivity index (χ1v) is 7.52. The molecule has 19 heavy (non-hydrogen) atoms. The van der Waals surface area contributed by atoms with E-state index in [1.54, 1.807) is 12.1 Å². The molecular weight excluding hydrogens is 239 g/mol. The molecule has 106 valence electrons. The van der Waals surface area contributed by atoms with E-state index in [1.807, 2.05) is 6.07 Å². The molecule has 2 nitrogen and oxygen atoms in total. The van der Waals surface area contributed by atoms with Crippen molar-refractivity contribution in [2.75, 3.05) is 18.0 Å². The fraction of sp³-hybridized carbons (Fsp3) is 0.625. The van der Waals surface area contributed by atoms with Crippen molar-refractivity contribution in [1.29, 1.82) is 0 Å². The maximum atomic E-state index is 13.5. The van der Waals surface area contributed by atoms with E-state index in [1.165, 1.54) is 18.5 Å². The van der Waals surface area contributed by atoms with Crippen LogP contribution in [0.5, 0.6) is 0 Å². The second kappa shape index (κ2) is 6.90. The van der Waals surface area contributed by atoms with Crippen LogP contribution >= 0.6 is 0 Å². The predicted molar refractivity (Wildman–Crippen MR) is 79.1 cm³/mol. The maximum Gasteiger partial charge on any atom is 0.123 e. The molecule has 0 atom stereocenters. The van der Waals surface area contributed by atoms with Gasteiger partial charge in [-0.1, -0.05) is 13.8 Å². The monoisotopic (exact) mass is 264 g/mol. The zero-order valence-electron chi connectivity index (χ0n) is 12.1. The molecule has 1 aliphatic rings. The van der Waals surface area contributed by atoms with Crippen LogP contribution in [0, 0.1) is 5.82 Å². The van der Waals surface area contributed by atoms with Crippen LogP contribution in [-0.2, 0) is 6.54 Å². The van der Waals surface area contributed by atoms with Crippen molar-refractivity contribution in [3.05, 3.63) is 29.6 Å². The highest BCUT2D eigenvalue weighted by Gasteiger charge is 2.29. The molecule has 1 aliphatic carbocycles. The summed E-state index contributed by atoms with van der Waals surface area (Å²) in [5.74, 6) is -0.135. The van der Waals surface area contributed by atoms with E-state index in [0.717, 1.165) is 38.0 Å². The first-order valence-electron chi connectivity index (χ1n) is 7.52. The summed E-state index contributed by atoms with van der Waals surface area (Å²) in [4.78, 5) is 2.46. The minimum absolute atomic E-state index is 0.135. The van der Waals surface area contributed by atoms with Gasteiger partial charge in [-0.3, -0.25) is 0 Å². The molecule has 0 aliphatic heterocycles. The number of nitrogens with one attached hydrogen (secondary N) is 1. The molecule has 0 radical (unpaired) electrons. The molecule has 1 aromatic rings. The van der Waals surface area contributed by atoms with Gasteiger partial charge in [0.25, 0.3) is 0 Å². The Morgan fingerprint density at radius 3 is 2.68 bits per heavy atom. The minimum atomic E-state index is -0.135. The van der Waals surface area contributed by atoms with Crippen molar-refractivity contribution in [2.24, 2.45) is 0 Å². The summed E-state index contributed by atoms with van der Waals surface area (Å²) in [6, 6.07) is 5.90. The van der Waals surface area contributed by atoms with Crippen LogP contribution in [0.15, 0.2) is 18.2 Å². The minimum Gasteiger partial charge on any atom is -0.368 e. The summed E-state index contributed by atoms with van der Waals surface area (Å²) in [5, 5.41) is 3.38. The Hall–Kier alpha value is -1.09. The Morgan fingerprint density at radius 1 is 1.26 bits per heavy atom. The van der Waals surface area contributed by atoms with Gasteiger partial charge in [0.05, 0.1) is 0 Å². The summed E-state index contributed by atoms with van der Waals surface area (Å²) >= 11 is 0. The smallest absolute Gasteiger partial charge is 0.123 e. The Bertz CT molecular complexity index is 402. The van der Waals surface area contributed by atoms with Gasteiger partial charge in [-0.05, 0) is 56.0 Å². The van der Waals surface area contributed by atoms with Crippen LogP contribution in [0.4, 0.5) is 10.1 Å². The van der Waals surface area contributed by atoms with Crippen molar-refractivity contribution in [3.8, 4) is 0 Å². The van der Waals surface area contributed by atoms with Crippen molar-refractivity contribution in [1.82, 2.24) is 5.32 Å². The molecule has 0 aromatic heterocycles. The largest absolute Gasteiger partial charge is 0.368 e. The number of rotatable bonds is 8. The van der Waals surface area contributed by atoms with Gasteiger partial charge in [0, 0.05) is 24.8 Å². The maximum absolute atomic E-state index is 13.5. The number of halogens is 1. The number of hydrogen-bond acceptors (Lipinski definition) is 2. The van der Waals surface area contributed by atoms with E-state index in [2.05, 4.69) is 24.1 Å². The van der Waals surface area contributed by atoms with Gasteiger partial charge >= 0.3 is 0 Å². The second-order valence-electron chi connectivity index (χ2n) is 5.37. The molecular formula is C16H25FN2. The Balaban J connectivity index is 2.16. The normalized spacial score (nSPS) is 14.7. The standard InChI is InChI=1S/C16H25FN2/c1-3-9-18-12-13-11-14(17)5-8-16(13)19(10-4-2)15-6-7-15/h5,8,11,15,18H,3-4,6-7,9-10,12H2,1-2H3. The highest BCUT2D eigenvalue weighted by molar-refractivity contribution is 5.55. The number of benzene rings is 1. The summed E-state index contributed by atoms with van der Waals surface area (Å²) in [6.07, 6.45) is 4.79. The summed E-state index contributed by atoms with van der Waals surface area (Å²) in [6.45, 7) is 7.15. The molecule has 0 unspecified atom stereocenters. The van der Waals surface area contributed by atoms with Gasteiger partial charge in [0.2, 0.25) is 0 Å². The van der Waals surface area contributed by atoms with E-state index in [9.17, 15) is 4.39 Å². The van der Waals surface area contributed by atoms with E-state index < -0.39 is 0 Å². The second-order valence-corrected chi connectivity index (χ2v) is 5.37. The molecule has 1 fully saturated rings. The lowest BCUT2D eigenvalue weighted by molar-refractivity contribution is 0.617.